The summed E-state index contributed by atoms with van der Waals surface area (Å²) in [6.07, 6.45) is 0. The number of nitrogens with one attached hydrogen (secondary N) is 1. The van der Waals surface area contributed by atoms with E-state index in [0.717, 1.165) is 9.35 Å². The van der Waals surface area contributed by atoms with Crippen molar-refractivity contribution < 1.29 is 4.79 Å². The molecule has 6 heteroatoms. The molecule has 2 rings (SSSR count). The first kappa shape index (κ1) is 12.9. The second-order valence-electron chi connectivity index (χ2n) is 3.68. The van der Waals surface area contributed by atoms with Crippen LogP contribution in [0, 0.1) is 0 Å². The lowest BCUT2D eigenvalue weighted by molar-refractivity contribution is 0.100. The molecule has 1 amide bonds. The maximum Gasteiger partial charge on any atom is 0.250 e. The van der Waals surface area contributed by atoms with Crippen LogP contribution in [0.25, 0.3) is 0 Å². The third kappa shape index (κ3) is 2.65. The number of nitrogens with two attached hydrogens (primary N) is 2. The van der Waals surface area contributed by atoms with Crippen molar-refractivity contribution in [1.29, 1.82) is 0 Å². The molecule has 0 aliphatic rings. The zero-order valence-corrected chi connectivity index (χ0v) is 11.8. The summed E-state index contributed by atoms with van der Waals surface area (Å²) < 4.78 is 1.04. The second kappa shape index (κ2) is 5.41. The van der Waals surface area contributed by atoms with Gasteiger partial charge in [0.1, 0.15) is 0 Å². The number of amides is 1. The Kier molecular flexibility index (Phi) is 3.88. The largest absolute Gasteiger partial charge is 0.397 e. The molecule has 18 heavy (non-hydrogen) atoms. The summed E-state index contributed by atoms with van der Waals surface area (Å²) in [5.41, 5.74) is 12.7. The lowest BCUT2D eigenvalue weighted by atomic mass is 10.1. The molecule has 0 bridgehead atoms. The van der Waals surface area contributed by atoms with Crippen LogP contribution < -0.4 is 16.8 Å². The fraction of sp³-hybridized carbons (Fsp3) is 0.0833. The molecule has 0 spiro atoms. The third-order valence-corrected chi connectivity index (χ3v) is 4.41. The van der Waals surface area contributed by atoms with Gasteiger partial charge in [0.15, 0.2) is 0 Å². The summed E-state index contributed by atoms with van der Waals surface area (Å²) in [5.74, 6) is -0.491. The van der Waals surface area contributed by atoms with Crippen LogP contribution >= 0.6 is 27.3 Å². The van der Waals surface area contributed by atoms with Gasteiger partial charge in [-0.3, -0.25) is 4.79 Å². The topological polar surface area (TPSA) is 81.1 Å². The van der Waals surface area contributed by atoms with E-state index in [9.17, 15) is 4.79 Å². The van der Waals surface area contributed by atoms with Gasteiger partial charge in [0.2, 0.25) is 0 Å². The van der Waals surface area contributed by atoms with Gasteiger partial charge < -0.3 is 16.8 Å². The van der Waals surface area contributed by atoms with E-state index in [2.05, 4.69) is 21.2 Å². The van der Waals surface area contributed by atoms with E-state index < -0.39 is 5.91 Å². The van der Waals surface area contributed by atoms with E-state index in [0.29, 0.717) is 23.5 Å². The van der Waals surface area contributed by atoms with Crippen LogP contribution in [0.3, 0.4) is 0 Å². The Hall–Kier alpha value is -1.53. The molecule has 1 aromatic heterocycles. The van der Waals surface area contributed by atoms with Crippen molar-refractivity contribution in [3.8, 4) is 0 Å². The average Bonchev–Trinajstić information content (AvgIpc) is 2.73. The normalized spacial score (nSPS) is 10.3. The Morgan fingerprint density at radius 2 is 2.17 bits per heavy atom. The Morgan fingerprint density at radius 1 is 1.39 bits per heavy atom. The summed E-state index contributed by atoms with van der Waals surface area (Å²) in [6.45, 7) is 0.590. The Bertz CT molecular complexity index is 582. The van der Waals surface area contributed by atoms with Crippen LogP contribution in [0.4, 0.5) is 11.4 Å². The number of rotatable bonds is 4. The summed E-state index contributed by atoms with van der Waals surface area (Å²) in [5, 5.41) is 5.15. The molecule has 0 saturated heterocycles. The number of para-hydroxylation sites is 1. The number of carbonyl (C=O) groups excluding carboxylic acids is 1. The summed E-state index contributed by atoms with van der Waals surface area (Å²) >= 11 is 5.08. The molecular formula is C12H12BrN3OS. The minimum atomic E-state index is -0.491. The van der Waals surface area contributed by atoms with Gasteiger partial charge in [0.05, 0.1) is 23.5 Å². The van der Waals surface area contributed by atoms with Crippen molar-refractivity contribution >= 4 is 44.5 Å². The minimum Gasteiger partial charge on any atom is -0.397 e. The first-order chi connectivity index (χ1) is 8.59. The first-order valence-electron chi connectivity index (χ1n) is 5.23. The molecule has 0 aliphatic heterocycles. The molecule has 0 fully saturated rings. The van der Waals surface area contributed by atoms with E-state index >= 15 is 0 Å². The van der Waals surface area contributed by atoms with Crippen molar-refractivity contribution in [2.75, 3.05) is 11.1 Å². The number of hydrogen-bond donors (Lipinski definition) is 3. The third-order valence-electron chi connectivity index (χ3n) is 2.48. The Morgan fingerprint density at radius 3 is 2.78 bits per heavy atom. The molecule has 0 atom stereocenters. The molecule has 94 valence electrons. The van der Waals surface area contributed by atoms with E-state index in [1.807, 2.05) is 11.4 Å². The van der Waals surface area contributed by atoms with Crippen LogP contribution in [0.15, 0.2) is 34.1 Å². The molecule has 0 unspecified atom stereocenters. The molecule has 0 saturated carbocycles. The standard InChI is InChI=1S/C12H12BrN3OS/c13-8-4-5-18-10(8)6-16-11-7(12(15)17)2-1-3-9(11)14/h1-5,16H,6,14H2,(H2,15,17). The van der Waals surface area contributed by atoms with Gasteiger partial charge >= 0.3 is 0 Å². The Balaban J connectivity index is 2.24. The van der Waals surface area contributed by atoms with Gasteiger partial charge in [0.25, 0.3) is 5.91 Å². The van der Waals surface area contributed by atoms with E-state index in [1.165, 1.54) is 0 Å². The zero-order valence-electron chi connectivity index (χ0n) is 9.44. The van der Waals surface area contributed by atoms with Crippen LogP contribution in [0.2, 0.25) is 0 Å². The first-order valence-corrected chi connectivity index (χ1v) is 6.91. The van der Waals surface area contributed by atoms with Crippen molar-refractivity contribution in [3.63, 3.8) is 0 Å². The molecule has 2 aromatic rings. The van der Waals surface area contributed by atoms with Crippen LogP contribution in [0.5, 0.6) is 0 Å². The van der Waals surface area contributed by atoms with Crippen LogP contribution in [0.1, 0.15) is 15.2 Å². The van der Waals surface area contributed by atoms with Crippen LogP contribution in [-0.2, 0) is 6.54 Å². The lowest BCUT2D eigenvalue weighted by Gasteiger charge is -2.12. The molecule has 4 nitrogen and oxygen atoms in total. The fourth-order valence-electron chi connectivity index (χ4n) is 1.59. The second-order valence-corrected chi connectivity index (χ2v) is 5.53. The van der Waals surface area contributed by atoms with Crippen molar-refractivity contribution in [2.24, 2.45) is 5.73 Å². The van der Waals surface area contributed by atoms with E-state index in [-0.39, 0.29) is 0 Å². The monoisotopic (exact) mass is 325 g/mol. The molecule has 1 aromatic carbocycles. The summed E-state index contributed by atoms with van der Waals surface area (Å²) in [7, 11) is 0. The summed E-state index contributed by atoms with van der Waals surface area (Å²) in [4.78, 5) is 12.5. The van der Waals surface area contributed by atoms with Crippen LogP contribution in [-0.4, -0.2) is 5.91 Å². The van der Waals surface area contributed by atoms with E-state index in [1.54, 1.807) is 29.5 Å². The quantitative estimate of drug-likeness (QED) is 0.756. The number of halogens is 1. The number of carbonyl (C=O) groups is 1. The van der Waals surface area contributed by atoms with Gasteiger partial charge in [0, 0.05) is 9.35 Å². The predicted octanol–water partition coefficient (Wildman–Crippen LogP) is 2.80. The molecule has 0 radical (unpaired) electrons. The highest BCUT2D eigenvalue weighted by Gasteiger charge is 2.11. The van der Waals surface area contributed by atoms with Gasteiger partial charge in [-0.2, -0.15) is 0 Å². The summed E-state index contributed by atoms with van der Waals surface area (Å²) in [6, 6.07) is 7.08. The van der Waals surface area contributed by atoms with Crippen molar-refractivity contribution in [1.82, 2.24) is 0 Å². The highest BCUT2D eigenvalue weighted by Crippen LogP contribution is 2.27. The lowest BCUT2D eigenvalue weighted by Crippen LogP contribution is -2.15. The number of thiophene rings is 1. The van der Waals surface area contributed by atoms with E-state index in [4.69, 9.17) is 11.5 Å². The Labute approximate surface area is 117 Å². The molecule has 0 aliphatic carbocycles. The molecule has 5 N–H and O–H groups in total. The fourth-order valence-corrected chi connectivity index (χ4v) is 3.02. The maximum atomic E-state index is 11.3. The maximum absolute atomic E-state index is 11.3. The van der Waals surface area contributed by atoms with Crippen molar-refractivity contribution in [2.45, 2.75) is 6.54 Å². The number of nitrogen functional groups attached to an aromatic ring is 1. The number of anilines is 2. The van der Waals surface area contributed by atoms with Gasteiger partial charge in [-0.15, -0.1) is 11.3 Å². The SMILES string of the molecule is NC(=O)c1cccc(N)c1NCc1sccc1Br. The van der Waals surface area contributed by atoms with Gasteiger partial charge in [-0.1, -0.05) is 6.07 Å². The highest BCUT2D eigenvalue weighted by atomic mass is 79.9. The van der Waals surface area contributed by atoms with Gasteiger partial charge in [-0.05, 0) is 39.5 Å². The zero-order chi connectivity index (χ0) is 13.1. The van der Waals surface area contributed by atoms with Crippen molar-refractivity contribution in [3.05, 3.63) is 44.6 Å². The highest BCUT2D eigenvalue weighted by molar-refractivity contribution is 9.10. The number of primary amides is 1. The number of hydrogen-bond acceptors (Lipinski definition) is 4. The molecule has 1 heterocycles. The predicted molar refractivity (Wildman–Crippen MR) is 78.7 cm³/mol. The number of benzene rings is 1. The average molecular weight is 326 g/mol. The smallest absolute Gasteiger partial charge is 0.250 e. The molecular weight excluding hydrogens is 314 g/mol. The minimum absolute atomic E-state index is 0.405. The van der Waals surface area contributed by atoms with Gasteiger partial charge in [-0.25, -0.2) is 0 Å².